The van der Waals surface area contributed by atoms with Gasteiger partial charge in [0.05, 0.1) is 40.1 Å². The number of carbonyl (C=O) groups is 3. The lowest BCUT2D eigenvalue weighted by Gasteiger charge is -2.40. The zero-order valence-electron chi connectivity index (χ0n) is 18.2. The number of esters is 3. The number of nitrogens with zero attached hydrogens (tertiary/aromatic N) is 1. The number of hydrogen-bond acceptors (Lipinski definition) is 8. The van der Waals surface area contributed by atoms with Crippen LogP contribution in [-0.2, 0) is 28.5 Å². The Hall–Kier alpha value is -3.13. The van der Waals surface area contributed by atoms with Crippen LogP contribution in [0.5, 0.6) is 0 Å². The van der Waals surface area contributed by atoms with E-state index in [1.54, 1.807) is 24.3 Å². The third-order valence-corrected chi connectivity index (χ3v) is 5.68. The lowest BCUT2D eigenvalue weighted by molar-refractivity contribution is -0.145. The summed E-state index contributed by atoms with van der Waals surface area (Å²) in [5, 5.41) is 0. The summed E-state index contributed by atoms with van der Waals surface area (Å²) in [4.78, 5) is 39.7. The summed E-state index contributed by atoms with van der Waals surface area (Å²) >= 11 is 0. The molecule has 2 atom stereocenters. The molecule has 1 saturated heterocycles. The Morgan fingerprint density at radius 2 is 1.55 bits per heavy atom. The highest BCUT2D eigenvalue weighted by molar-refractivity contribution is 5.95. The third kappa shape index (κ3) is 4.49. The number of methoxy groups -OCH3 is 3. The van der Waals surface area contributed by atoms with Gasteiger partial charge >= 0.3 is 17.9 Å². The van der Waals surface area contributed by atoms with Crippen molar-refractivity contribution in [3.05, 3.63) is 58.3 Å². The number of morpholine rings is 1. The van der Waals surface area contributed by atoms with Gasteiger partial charge in [0, 0.05) is 30.3 Å². The number of hydrogen-bond donors (Lipinski definition) is 0. The maximum absolute atomic E-state index is 13.0. The molecule has 0 spiro atoms. The van der Waals surface area contributed by atoms with Crippen LogP contribution in [0.3, 0.4) is 0 Å². The van der Waals surface area contributed by atoms with Crippen LogP contribution in [0.25, 0.3) is 0 Å². The molecule has 1 heterocycles. The third-order valence-electron chi connectivity index (χ3n) is 5.68. The predicted octanol–water partition coefficient (Wildman–Crippen LogP) is 2.07. The minimum absolute atomic E-state index is 0.376. The van der Waals surface area contributed by atoms with Crippen molar-refractivity contribution in [3.8, 4) is 0 Å². The molecule has 0 aromatic heterocycles. The standard InChI is InChI=1S/C23H27NO7/c1-14-13-17(24-9-11-31-12-10-24)20(23(27)30-4)19(18(14)22(26)29-3)15-5-7-16(8-6-15)21(25)28-2/h5-8,13,19-20H,9-12H2,1-4H3. The first-order valence-electron chi connectivity index (χ1n) is 10.0. The second-order valence-corrected chi connectivity index (χ2v) is 7.35. The summed E-state index contributed by atoms with van der Waals surface area (Å²) in [6, 6.07) is 6.69. The van der Waals surface area contributed by atoms with E-state index in [1.165, 1.54) is 21.3 Å². The molecule has 1 aliphatic heterocycles. The number of rotatable bonds is 5. The molecule has 1 fully saturated rings. The lowest BCUT2D eigenvalue weighted by atomic mass is 9.73. The number of ether oxygens (including phenoxy) is 4. The summed E-state index contributed by atoms with van der Waals surface area (Å²) in [5.41, 5.74) is 2.96. The molecule has 0 radical (unpaired) electrons. The van der Waals surface area contributed by atoms with Gasteiger partial charge in [-0.3, -0.25) is 4.79 Å². The fraction of sp³-hybridized carbons (Fsp3) is 0.435. The van der Waals surface area contributed by atoms with Crippen molar-refractivity contribution in [1.29, 1.82) is 0 Å². The summed E-state index contributed by atoms with van der Waals surface area (Å²) in [5.74, 6) is -2.80. The van der Waals surface area contributed by atoms with E-state index in [9.17, 15) is 14.4 Å². The topological polar surface area (TPSA) is 91.4 Å². The molecular weight excluding hydrogens is 402 g/mol. The first-order valence-corrected chi connectivity index (χ1v) is 10.0. The molecule has 1 aliphatic carbocycles. The van der Waals surface area contributed by atoms with Crippen molar-refractivity contribution >= 4 is 17.9 Å². The zero-order valence-corrected chi connectivity index (χ0v) is 18.2. The molecule has 8 nitrogen and oxygen atoms in total. The van der Waals surface area contributed by atoms with E-state index in [-0.39, 0.29) is 0 Å². The summed E-state index contributed by atoms with van der Waals surface area (Å²) in [6.07, 6.45) is 1.86. The second-order valence-electron chi connectivity index (χ2n) is 7.35. The van der Waals surface area contributed by atoms with Crippen LogP contribution < -0.4 is 0 Å². The van der Waals surface area contributed by atoms with Gasteiger partial charge in [-0.25, -0.2) is 9.59 Å². The van der Waals surface area contributed by atoms with Gasteiger partial charge in [0.25, 0.3) is 0 Å². The Balaban J connectivity index is 2.15. The zero-order chi connectivity index (χ0) is 22.5. The van der Waals surface area contributed by atoms with Crippen molar-refractivity contribution < 1.29 is 33.3 Å². The summed E-state index contributed by atoms with van der Waals surface area (Å²) in [7, 11) is 3.96. The second kappa shape index (κ2) is 9.78. The van der Waals surface area contributed by atoms with Crippen LogP contribution in [0.1, 0.15) is 28.8 Å². The van der Waals surface area contributed by atoms with E-state index in [1.807, 2.05) is 13.0 Å². The minimum Gasteiger partial charge on any atom is -0.468 e. The highest BCUT2D eigenvalue weighted by Gasteiger charge is 2.44. The normalized spacial score (nSPS) is 21.3. The number of benzene rings is 1. The molecule has 166 valence electrons. The van der Waals surface area contributed by atoms with E-state index in [0.717, 1.165) is 11.3 Å². The van der Waals surface area contributed by atoms with Gasteiger partial charge < -0.3 is 23.8 Å². The molecule has 2 aliphatic rings. The van der Waals surface area contributed by atoms with Crippen LogP contribution in [0.15, 0.2) is 47.2 Å². The average molecular weight is 429 g/mol. The van der Waals surface area contributed by atoms with Crippen LogP contribution >= 0.6 is 0 Å². The van der Waals surface area contributed by atoms with Crippen molar-refractivity contribution in [2.45, 2.75) is 12.8 Å². The van der Waals surface area contributed by atoms with E-state index in [2.05, 4.69) is 4.90 Å². The molecule has 2 unspecified atom stereocenters. The molecule has 1 aromatic rings. The van der Waals surface area contributed by atoms with E-state index in [4.69, 9.17) is 18.9 Å². The number of carbonyl (C=O) groups excluding carboxylic acids is 3. The molecule has 3 rings (SSSR count). The van der Waals surface area contributed by atoms with Crippen LogP contribution in [0, 0.1) is 5.92 Å². The quantitative estimate of drug-likeness (QED) is 0.519. The maximum Gasteiger partial charge on any atom is 0.337 e. The molecule has 0 bridgehead atoms. The Kier molecular flexibility index (Phi) is 7.12. The monoisotopic (exact) mass is 429 g/mol. The highest BCUT2D eigenvalue weighted by atomic mass is 16.5. The van der Waals surface area contributed by atoms with Gasteiger partial charge in [-0.05, 0) is 36.3 Å². The van der Waals surface area contributed by atoms with Crippen LogP contribution in [-0.4, -0.2) is 70.4 Å². The SMILES string of the molecule is COC(=O)C1=C(C)C=C(N2CCOCC2)C(C(=O)OC)C1c1ccc(C(=O)OC)cc1. The summed E-state index contributed by atoms with van der Waals surface area (Å²) in [6.45, 7) is 4.20. The van der Waals surface area contributed by atoms with Gasteiger partial charge in [-0.15, -0.1) is 0 Å². The van der Waals surface area contributed by atoms with Gasteiger partial charge in [-0.1, -0.05) is 12.1 Å². The fourth-order valence-corrected chi connectivity index (χ4v) is 4.17. The Bertz CT molecular complexity index is 910. The van der Waals surface area contributed by atoms with Crippen LogP contribution in [0.2, 0.25) is 0 Å². The molecule has 31 heavy (non-hydrogen) atoms. The smallest absolute Gasteiger partial charge is 0.337 e. The number of allylic oxidation sites excluding steroid dienone is 2. The van der Waals surface area contributed by atoms with Crippen molar-refractivity contribution in [2.75, 3.05) is 47.6 Å². The Morgan fingerprint density at radius 3 is 2.10 bits per heavy atom. The van der Waals surface area contributed by atoms with Gasteiger partial charge in [0.1, 0.15) is 5.92 Å². The van der Waals surface area contributed by atoms with Crippen molar-refractivity contribution in [1.82, 2.24) is 4.90 Å². The molecule has 1 aromatic carbocycles. The van der Waals surface area contributed by atoms with Crippen molar-refractivity contribution in [2.24, 2.45) is 5.92 Å². The highest BCUT2D eigenvalue weighted by Crippen LogP contribution is 2.44. The van der Waals surface area contributed by atoms with Crippen LogP contribution in [0.4, 0.5) is 0 Å². The lowest BCUT2D eigenvalue weighted by Crippen LogP contribution is -2.43. The van der Waals surface area contributed by atoms with E-state index < -0.39 is 29.7 Å². The molecular formula is C23H27NO7. The molecule has 0 amide bonds. The summed E-state index contributed by atoms with van der Waals surface area (Å²) < 4.78 is 20.4. The first kappa shape index (κ1) is 22.6. The van der Waals surface area contributed by atoms with Gasteiger partial charge in [-0.2, -0.15) is 0 Å². The van der Waals surface area contributed by atoms with Gasteiger partial charge in [0.2, 0.25) is 0 Å². The van der Waals surface area contributed by atoms with Gasteiger partial charge in [0.15, 0.2) is 0 Å². The van der Waals surface area contributed by atoms with E-state index >= 15 is 0 Å². The maximum atomic E-state index is 13.0. The predicted molar refractivity (Wildman–Crippen MR) is 111 cm³/mol. The van der Waals surface area contributed by atoms with Crippen molar-refractivity contribution in [3.63, 3.8) is 0 Å². The first-order chi connectivity index (χ1) is 14.9. The Morgan fingerprint density at radius 1 is 0.935 bits per heavy atom. The molecule has 8 heteroatoms. The average Bonchev–Trinajstić information content (AvgIpc) is 2.82. The largest absolute Gasteiger partial charge is 0.468 e. The van der Waals surface area contributed by atoms with E-state index in [0.29, 0.717) is 43.0 Å². The molecule has 0 saturated carbocycles. The fourth-order valence-electron chi connectivity index (χ4n) is 4.17. The Labute approximate surface area is 181 Å². The minimum atomic E-state index is -0.745. The molecule has 0 N–H and O–H groups in total.